The van der Waals surface area contributed by atoms with Crippen LogP contribution < -0.4 is 15.7 Å². The Hall–Kier alpha value is -4.03. The van der Waals surface area contributed by atoms with E-state index in [2.05, 4.69) is 10.4 Å². The SMILES string of the molecule is CC(C)C[C@H](NC(=O)[C@H](Cc1ccccc1)NP(=O)(OCc1ccccc1)c1ccccc1)C(=O)OCc1ccccc1. The van der Waals surface area contributed by atoms with Crippen LogP contribution in [-0.2, 0) is 43.0 Å². The quantitative estimate of drug-likeness (QED) is 0.125. The van der Waals surface area contributed by atoms with Crippen molar-refractivity contribution in [3.8, 4) is 0 Å². The standard InChI is InChI=1S/C35H39N2O5P/c1-27(2)23-33(35(39)41-25-29-17-9-4-10-18-29)36-34(38)32(24-28-15-7-3-8-16-28)37-43(40,31-21-13-6-14-22-31)42-26-30-19-11-5-12-20-30/h3-22,27,32-33H,23-26H2,1-2H3,(H,36,38)(H,37,40)/t32-,33-,43?/m0/s1. The van der Waals surface area contributed by atoms with Crippen LogP contribution >= 0.6 is 7.52 Å². The van der Waals surface area contributed by atoms with Crippen molar-refractivity contribution in [3.05, 3.63) is 138 Å². The van der Waals surface area contributed by atoms with Gasteiger partial charge < -0.3 is 14.6 Å². The molecule has 2 N–H and O–H groups in total. The number of amides is 1. The third-order valence-electron chi connectivity index (χ3n) is 6.81. The molecule has 0 heterocycles. The van der Waals surface area contributed by atoms with Gasteiger partial charge in [0.05, 0.1) is 18.0 Å². The minimum absolute atomic E-state index is 0.0848. The average molecular weight is 599 g/mol. The van der Waals surface area contributed by atoms with E-state index in [1.165, 1.54) is 0 Å². The summed E-state index contributed by atoms with van der Waals surface area (Å²) < 4.78 is 26.2. The van der Waals surface area contributed by atoms with E-state index in [9.17, 15) is 14.2 Å². The smallest absolute Gasteiger partial charge is 0.328 e. The summed E-state index contributed by atoms with van der Waals surface area (Å²) >= 11 is 0. The number of nitrogens with one attached hydrogen (secondary N) is 2. The summed E-state index contributed by atoms with van der Waals surface area (Å²) in [6.07, 6.45) is 0.615. The minimum atomic E-state index is -3.76. The van der Waals surface area contributed by atoms with E-state index >= 15 is 0 Å². The molecule has 0 radical (unpaired) electrons. The Balaban J connectivity index is 1.58. The highest BCUT2D eigenvalue weighted by Gasteiger charge is 2.35. The molecule has 0 aliphatic rings. The normalized spacial score (nSPS) is 13.9. The molecule has 0 aliphatic carbocycles. The van der Waals surface area contributed by atoms with Crippen molar-refractivity contribution in [2.45, 2.75) is 52.0 Å². The third kappa shape index (κ3) is 10.0. The molecule has 0 fully saturated rings. The lowest BCUT2D eigenvalue weighted by Gasteiger charge is -2.28. The maximum atomic E-state index is 14.5. The number of rotatable bonds is 15. The maximum Gasteiger partial charge on any atom is 0.328 e. The van der Waals surface area contributed by atoms with Crippen LogP contribution in [0.3, 0.4) is 0 Å². The fourth-order valence-corrected chi connectivity index (χ4v) is 6.48. The van der Waals surface area contributed by atoms with Gasteiger partial charge in [-0.15, -0.1) is 0 Å². The molecule has 0 aromatic heterocycles. The first-order valence-corrected chi connectivity index (χ1v) is 16.1. The second-order valence-electron chi connectivity index (χ2n) is 10.8. The van der Waals surface area contributed by atoms with Gasteiger partial charge in [-0.1, -0.05) is 123 Å². The largest absolute Gasteiger partial charge is 0.459 e. The molecule has 3 atom stereocenters. The van der Waals surface area contributed by atoms with Gasteiger partial charge in [-0.3, -0.25) is 9.36 Å². The summed E-state index contributed by atoms with van der Waals surface area (Å²) in [4.78, 5) is 27.1. The van der Waals surface area contributed by atoms with Gasteiger partial charge in [0.1, 0.15) is 12.6 Å². The van der Waals surface area contributed by atoms with Crippen molar-refractivity contribution in [3.63, 3.8) is 0 Å². The lowest BCUT2D eigenvalue weighted by atomic mass is 10.0. The molecule has 4 aromatic rings. The van der Waals surface area contributed by atoms with Gasteiger partial charge in [-0.05, 0) is 47.6 Å². The number of hydrogen-bond donors (Lipinski definition) is 2. The Morgan fingerprint density at radius 3 is 1.70 bits per heavy atom. The van der Waals surface area contributed by atoms with E-state index in [0.717, 1.165) is 16.7 Å². The predicted molar refractivity (Wildman–Crippen MR) is 170 cm³/mol. The van der Waals surface area contributed by atoms with Crippen molar-refractivity contribution >= 4 is 24.7 Å². The molecule has 7 nitrogen and oxygen atoms in total. The summed E-state index contributed by atoms with van der Waals surface area (Å²) in [5.74, 6) is -0.874. The van der Waals surface area contributed by atoms with Gasteiger partial charge >= 0.3 is 13.5 Å². The zero-order valence-electron chi connectivity index (χ0n) is 24.6. The third-order valence-corrected chi connectivity index (χ3v) is 8.93. The summed E-state index contributed by atoms with van der Waals surface area (Å²) in [5, 5.41) is 6.43. The molecule has 0 bridgehead atoms. The first-order chi connectivity index (χ1) is 20.8. The van der Waals surface area contributed by atoms with Crippen LogP contribution in [-0.4, -0.2) is 24.0 Å². The minimum Gasteiger partial charge on any atom is -0.459 e. The number of esters is 1. The molecular weight excluding hydrogens is 559 g/mol. The van der Waals surface area contributed by atoms with E-state index in [4.69, 9.17) is 9.26 Å². The molecule has 224 valence electrons. The van der Waals surface area contributed by atoms with Gasteiger partial charge in [0.2, 0.25) is 5.91 Å². The molecule has 0 aliphatic heterocycles. The molecule has 0 spiro atoms. The molecule has 0 saturated heterocycles. The van der Waals surface area contributed by atoms with Crippen LogP contribution in [0.15, 0.2) is 121 Å². The first-order valence-electron chi connectivity index (χ1n) is 14.5. The van der Waals surface area contributed by atoms with Crippen LogP contribution in [0.1, 0.15) is 37.0 Å². The summed E-state index contributed by atoms with van der Waals surface area (Å²) in [6.45, 7) is 4.14. The highest BCUT2D eigenvalue weighted by Crippen LogP contribution is 2.43. The second kappa shape index (κ2) is 16.0. The Kier molecular flexibility index (Phi) is 11.9. The molecule has 8 heteroatoms. The molecule has 0 saturated carbocycles. The monoisotopic (exact) mass is 598 g/mol. The summed E-state index contributed by atoms with van der Waals surface area (Å²) in [6, 6.07) is 35.3. The van der Waals surface area contributed by atoms with Gasteiger partial charge in [-0.2, -0.15) is 0 Å². The molecule has 1 amide bonds. The van der Waals surface area contributed by atoms with Gasteiger partial charge in [0.15, 0.2) is 0 Å². The van der Waals surface area contributed by atoms with Gasteiger partial charge in [-0.25, -0.2) is 9.88 Å². The molecular formula is C35H39N2O5P. The number of carbonyl (C=O) groups is 2. The molecule has 43 heavy (non-hydrogen) atoms. The van der Waals surface area contributed by atoms with Gasteiger partial charge in [0, 0.05) is 0 Å². The Bertz CT molecular complexity index is 1470. The lowest BCUT2D eigenvalue weighted by molar-refractivity contribution is -0.149. The fraction of sp³-hybridized carbons (Fsp3) is 0.257. The molecule has 4 rings (SSSR count). The number of carbonyl (C=O) groups excluding carboxylic acids is 2. The molecule has 1 unspecified atom stereocenters. The van der Waals surface area contributed by atoms with Crippen molar-refractivity contribution in [1.29, 1.82) is 0 Å². The predicted octanol–water partition coefficient (Wildman–Crippen LogP) is 6.20. The average Bonchev–Trinajstić information content (AvgIpc) is 3.03. The van der Waals surface area contributed by atoms with Crippen LogP contribution in [0.4, 0.5) is 0 Å². The summed E-state index contributed by atoms with van der Waals surface area (Å²) in [7, 11) is -3.76. The van der Waals surface area contributed by atoms with Crippen molar-refractivity contribution in [2.75, 3.05) is 0 Å². The van der Waals surface area contributed by atoms with Crippen molar-refractivity contribution in [2.24, 2.45) is 5.92 Å². The van der Waals surface area contributed by atoms with Crippen LogP contribution in [0.25, 0.3) is 0 Å². The van der Waals surface area contributed by atoms with Gasteiger partial charge in [0.25, 0.3) is 0 Å². The van der Waals surface area contributed by atoms with E-state index in [0.29, 0.717) is 11.7 Å². The topological polar surface area (TPSA) is 93.7 Å². The first kappa shape index (κ1) is 31.9. The molecule has 4 aromatic carbocycles. The van der Waals surface area contributed by atoms with E-state index in [1.807, 2.05) is 111 Å². The number of hydrogen-bond acceptors (Lipinski definition) is 5. The zero-order valence-corrected chi connectivity index (χ0v) is 25.5. The van der Waals surface area contributed by atoms with E-state index < -0.39 is 31.5 Å². The zero-order chi connectivity index (χ0) is 30.5. The van der Waals surface area contributed by atoms with E-state index in [1.54, 1.807) is 24.3 Å². The van der Waals surface area contributed by atoms with Crippen molar-refractivity contribution < 1.29 is 23.4 Å². The van der Waals surface area contributed by atoms with Crippen LogP contribution in [0, 0.1) is 5.92 Å². The van der Waals surface area contributed by atoms with Crippen LogP contribution in [0.5, 0.6) is 0 Å². The second-order valence-corrected chi connectivity index (χ2v) is 12.9. The lowest BCUT2D eigenvalue weighted by Crippen LogP contribution is -2.51. The number of benzene rings is 4. The van der Waals surface area contributed by atoms with E-state index in [-0.39, 0.29) is 25.6 Å². The fourth-order valence-electron chi connectivity index (χ4n) is 4.59. The maximum absolute atomic E-state index is 14.5. The van der Waals surface area contributed by atoms with Crippen LogP contribution in [0.2, 0.25) is 0 Å². The highest BCUT2D eigenvalue weighted by atomic mass is 31.2. The Morgan fingerprint density at radius 1 is 0.674 bits per heavy atom. The Morgan fingerprint density at radius 2 is 1.16 bits per heavy atom. The highest BCUT2D eigenvalue weighted by molar-refractivity contribution is 7.65. The van der Waals surface area contributed by atoms with Crippen molar-refractivity contribution in [1.82, 2.24) is 10.4 Å². The Labute approximate surface area is 254 Å². The summed E-state index contributed by atoms with van der Waals surface area (Å²) in [5.41, 5.74) is 2.57. The number of ether oxygens (including phenoxy) is 1.